The van der Waals surface area contributed by atoms with Gasteiger partial charge in [0.05, 0.1) is 12.2 Å². The summed E-state index contributed by atoms with van der Waals surface area (Å²) in [6.45, 7) is 0.387. The first-order chi connectivity index (χ1) is 19.2. The van der Waals surface area contributed by atoms with E-state index in [1.54, 1.807) is 24.0 Å². The molecule has 1 saturated heterocycles. The Labute approximate surface area is 244 Å². The SMILES string of the molecule is NCC(=O)NCCSCc1ncccc1SC1=C(C(=O)O)N2C(=O)[C@@H](NC(=O)/C(=N\O)C3=NC(N)SN3)[C@H]2SC1. The van der Waals surface area contributed by atoms with E-state index in [-0.39, 0.29) is 29.7 Å². The molecular weight excluding hydrogens is 603 g/mol. The number of hydrogen-bond donors (Lipinski definition) is 7. The van der Waals surface area contributed by atoms with Gasteiger partial charge in [-0.3, -0.25) is 30.0 Å². The van der Waals surface area contributed by atoms with E-state index in [0.29, 0.717) is 23.0 Å². The summed E-state index contributed by atoms with van der Waals surface area (Å²) in [6.07, 6.45) is 1.64. The lowest BCUT2D eigenvalue weighted by Gasteiger charge is -2.49. The van der Waals surface area contributed by atoms with Crippen LogP contribution >= 0.6 is 47.2 Å². The van der Waals surface area contributed by atoms with Crippen molar-refractivity contribution in [2.75, 3.05) is 24.6 Å². The molecule has 0 saturated carbocycles. The maximum atomic E-state index is 13.0. The van der Waals surface area contributed by atoms with Crippen molar-refractivity contribution < 1.29 is 29.5 Å². The van der Waals surface area contributed by atoms with Crippen LogP contribution in [0.15, 0.2) is 44.0 Å². The highest BCUT2D eigenvalue weighted by molar-refractivity contribution is 8.06. The first-order valence-electron chi connectivity index (χ1n) is 11.6. The van der Waals surface area contributed by atoms with E-state index in [2.05, 4.69) is 30.5 Å². The zero-order valence-corrected chi connectivity index (χ0v) is 23.9. The number of carboxylic acids is 1. The van der Waals surface area contributed by atoms with Crippen molar-refractivity contribution in [1.82, 2.24) is 25.2 Å². The molecule has 0 spiro atoms. The number of amidine groups is 1. The number of carbonyl (C=O) groups is 4. The lowest BCUT2D eigenvalue weighted by Crippen LogP contribution is -2.71. The molecule has 0 aromatic carbocycles. The van der Waals surface area contributed by atoms with E-state index in [4.69, 9.17) is 11.5 Å². The molecular formula is C21H25N9O6S4. The second-order valence-corrected chi connectivity index (χ2v) is 12.4. The highest BCUT2D eigenvalue weighted by Gasteiger charge is 2.54. The summed E-state index contributed by atoms with van der Waals surface area (Å²) in [5.41, 5.74) is 10.4. The Hall–Kier alpha value is -2.97. The van der Waals surface area contributed by atoms with Gasteiger partial charge in [-0.2, -0.15) is 11.8 Å². The van der Waals surface area contributed by atoms with E-state index in [0.717, 1.165) is 27.4 Å². The number of pyridine rings is 1. The van der Waals surface area contributed by atoms with E-state index in [9.17, 15) is 29.5 Å². The molecule has 3 aliphatic heterocycles. The number of thioether (sulfide) groups is 3. The van der Waals surface area contributed by atoms with E-state index in [1.165, 1.54) is 23.5 Å². The van der Waals surface area contributed by atoms with Gasteiger partial charge in [0, 0.05) is 39.8 Å². The van der Waals surface area contributed by atoms with Crippen LogP contribution in [-0.4, -0.2) is 96.9 Å². The fraction of sp³-hybridized carbons (Fsp3) is 0.381. The predicted molar refractivity (Wildman–Crippen MR) is 153 cm³/mol. The summed E-state index contributed by atoms with van der Waals surface area (Å²) in [7, 11) is 0. The van der Waals surface area contributed by atoms with Crippen LogP contribution in [0.25, 0.3) is 0 Å². The number of β-lactam (4-membered cyclic amide) rings is 1. The Balaban J connectivity index is 1.43. The Kier molecular flexibility index (Phi) is 10.2. The molecule has 4 rings (SSSR count). The maximum Gasteiger partial charge on any atom is 0.353 e. The van der Waals surface area contributed by atoms with Crippen molar-refractivity contribution in [1.29, 1.82) is 0 Å². The zero-order chi connectivity index (χ0) is 28.8. The van der Waals surface area contributed by atoms with Gasteiger partial charge >= 0.3 is 5.97 Å². The van der Waals surface area contributed by atoms with Gasteiger partial charge < -0.3 is 31.4 Å². The number of aliphatic imine (C=N–C) groups is 1. The van der Waals surface area contributed by atoms with Crippen molar-refractivity contribution in [3.05, 3.63) is 34.6 Å². The summed E-state index contributed by atoms with van der Waals surface area (Å²) in [4.78, 5) is 60.0. The summed E-state index contributed by atoms with van der Waals surface area (Å²) >= 11 is 5.09. The second-order valence-electron chi connectivity index (χ2n) is 8.13. The van der Waals surface area contributed by atoms with E-state index < -0.39 is 40.4 Å². The lowest BCUT2D eigenvalue weighted by atomic mass is 10.0. The van der Waals surface area contributed by atoms with Crippen LogP contribution in [-0.2, 0) is 24.9 Å². The number of fused-ring (bicyclic) bond motifs is 1. The Morgan fingerprint density at radius 3 is 2.83 bits per heavy atom. The summed E-state index contributed by atoms with van der Waals surface area (Å²) in [5.74, 6) is -1.55. The number of rotatable bonds is 12. The van der Waals surface area contributed by atoms with Gasteiger partial charge in [-0.15, -0.1) is 11.8 Å². The minimum absolute atomic E-state index is 0.0343. The first-order valence-corrected chi connectivity index (χ1v) is 15.5. The minimum atomic E-state index is -1.27. The number of aromatic nitrogens is 1. The second kappa shape index (κ2) is 13.6. The van der Waals surface area contributed by atoms with Crippen LogP contribution in [0, 0.1) is 0 Å². The molecule has 1 unspecified atom stereocenters. The van der Waals surface area contributed by atoms with Gasteiger partial charge in [-0.1, -0.05) is 16.9 Å². The van der Waals surface area contributed by atoms with Crippen molar-refractivity contribution in [2.24, 2.45) is 21.6 Å². The monoisotopic (exact) mass is 627 g/mol. The third kappa shape index (κ3) is 6.66. The molecule has 0 radical (unpaired) electrons. The molecule has 0 bridgehead atoms. The number of oxime groups is 1. The van der Waals surface area contributed by atoms with Crippen molar-refractivity contribution in [2.45, 2.75) is 27.6 Å². The number of nitrogens with zero attached hydrogens (tertiary/aromatic N) is 4. The standard InChI is InChI=1S/C21H25N9O6S4/c22-6-12(31)25-4-5-37-7-9-10(2-1-3-24-9)39-11-8-38-19-14(18(33)30(19)15(11)20(34)35)26-17(32)13(28-36)16-27-21(23)40-29-16/h1-3,14,19,21,36H,4-8,22-23H2,(H,25,31)(H,26,32)(H,27,29)(H,34,35)/b28-13-/t14-,19-,21?/m1/s1. The highest BCUT2D eigenvalue weighted by atomic mass is 32.2. The largest absolute Gasteiger partial charge is 0.477 e. The van der Waals surface area contributed by atoms with Gasteiger partial charge in [-0.25, -0.2) is 9.79 Å². The lowest BCUT2D eigenvalue weighted by molar-refractivity contribution is -0.150. The number of carbonyl (C=O) groups excluding carboxylic acids is 3. The minimum Gasteiger partial charge on any atom is -0.477 e. The molecule has 19 heteroatoms. The normalized spacial score (nSPS) is 22.2. The summed E-state index contributed by atoms with van der Waals surface area (Å²) in [6, 6.07) is 2.55. The summed E-state index contributed by atoms with van der Waals surface area (Å²) < 4.78 is 2.67. The average Bonchev–Trinajstić information content (AvgIpc) is 3.37. The molecule has 9 N–H and O–H groups in total. The third-order valence-corrected chi connectivity index (χ3v) is 9.84. The van der Waals surface area contributed by atoms with Crippen LogP contribution in [0.4, 0.5) is 0 Å². The first kappa shape index (κ1) is 30.0. The Bertz CT molecular complexity index is 1290. The molecule has 3 atom stereocenters. The van der Waals surface area contributed by atoms with Gasteiger partial charge in [-0.05, 0) is 24.1 Å². The average molecular weight is 628 g/mol. The number of carboxylic acid groups (broad SMARTS) is 1. The van der Waals surface area contributed by atoms with Gasteiger partial charge in [0.25, 0.3) is 11.8 Å². The molecule has 1 fully saturated rings. The number of hydrogen-bond acceptors (Lipinski definition) is 15. The molecule has 0 aliphatic carbocycles. The Morgan fingerprint density at radius 1 is 1.35 bits per heavy atom. The van der Waals surface area contributed by atoms with Crippen molar-refractivity contribution >= 4 is 82.5 Å². The van der Waals surface area contributed by atoms with Gasteiger partial charge in [0.2, 0.25) is 11.6 Å². The van der Waals surface area contributed by atoms with E-state index >= 15 is 0 Å². The van der Waals surface area contributed by atoms with Gasteiger partial charge in [0.15, 0.2) is 11.3 Å². The highest BCUT2D eigenvalue weighted by Crippen LogP contribution is 2.45. The third-order valence-electron chi connectivity index (χ3n) is 5.57. The Morgan fingerprint density at radius 2 is 2.15 bits per heavy atom. The molecule has 4 heterocycles. The topological polar surface area (TPSA) is 238 Å². The van der Waals surface area contributed by atoms with E-state index in [1.807, 2.05) is 6.07 Å². The number of nitrogens with one attached hydrogen (secondary N) is 3. The van der Waals surface area contributed by atoms with Crippen LogP contribution < -0.4 is 26.8 Å². The molecule has 1 aromatic heterocycles. The van der Waals surface area contributed by atoms with Crippen LogP contribution in [0.1, 0.15) is 5.69 Å². The fourth-order valence-corrected chi connectivity index (χ4v) is 7.76. The molecule has 3 aliphatic rings. The van der Waals surface area contributed by atoms with Crippen LogP contribution in [0.5, 0.6) is 0 Å². The fourth-order valence-electron chi connectivity index (χ4n) is 3.75. The quantitative estimate of drug-likeness (QED) is 0.0364. The molecule has 1 aromatic rings. The predicted octanol–water partition coefficient (Wildman–Crippen LogP) is -1.10. The smallest absolute Gasteiger partial charge is 0.353 e. The van der Waals surface area contributed by atoms with Crippen LogP contribution in [0.2, 0.25) is 0 Å². The summed E-state index contributed by atoms with van der Waals surface area (Å²) in [5, 5.41) is 26.8. The van der Waals surface area contributed by atoms with Gasteiger partial charge in [0.1, 0.15) is 17.1 Å². The van der Waals surface area contributed by atoms with Crippen LogP contribution in [0.3, 0.4) is 0 Å². The zero-order valence-electron chi connectivity index (χ0n) is 20.6. The number of nitrogens with two attached hydrogens (primary N) is 2. The maximum absolute atomic E-state index is 13.0. The molecule has 40 heavy (non-hydrogen) atoms. The van der Waals surface area contributed by atoms with Crippen molar-refractivity contribution in [3.8, 4) is 0 Å². The van der Waals surface area contributed by atoms with Crippen molar-refractivity contribution in [3.63, 3.8) is 0 Å². The molecule has 214 valence electrons. The number of aliphatic carboxylic acids is 1. The molecule has 15 nitrogen and oxygen atoms in total. The number of amides is 3. The molecule has 3 amide bonds.